The largest absolute Gasteiger partial charge is 0.444 e. The molecule has 24 heavy (non-hydrogen) atoms. The molecule has 7 heteroatoms. The monoisotopic (exact) mass is 337 g/mol. The average molecular weight is 337 g/mol. The van der Waals surface area contributed by atoms with Crippen LogP contribution in [0.4, 0.5) is 10.6 Å². The quantitative estimate of drug-likeness (QED) is 0.828. The van der Waals surface area contributed by atoms with Gasteiger partial charge in [-0.15, -0.1) is 0 Å². The SMILES string of the molecule is CC(C)(C)OC(=O)N1CCCC1C(=O)N(c1ccon1)C(C)(C)C. The second-order valence-electron chi connectivity index (χ2n) is 8.03. The fraction of sp³-hybridized carbons (Fsp3) is 0.706. The van der Waals surface area contributed by atoms with Crippen LogP contribution in [0.25, 0.3) is 0 Å². The van der Waals surface area contributed by atoms with E-state index in [1.165, 1.54) is 11.2 Å². The van der Waals surface area contributed by atoms with Gasteiger partial charge in [0.15, 0.2) is 5.82 Å². The number of likely N-dealkylation sites (tertiary alicyclic amines) is 1. The van der Waals surface area contributed by atoms with Gasteiger partial charge in [0.25, 0.3) is 5.91 Å². The third-order valence-corrected chi connectivity index (χ3v) is 3.71. The molecule has 1 atom stereocenters. The summed E-state index contributed by atoms with van der Waals surface area (Å²) in [6.45, 7) is 11.7. The van der Waals surface area contributed by atoms with Crippen molar-refractivity contribution in [3.05, 3.63) is 12.3 Å². The summed E-state index contributed by atoms with van der Waals surface area (Å²) in [5.74, 6) is 0.281. The van der Waals surface area contributed by atoms with E-state index in [1.807, 2.05) is 41.5 Å². The van der Waals surface area contributed by atoms with Crippen LogP contribution >= 0.6 is 0 Å². The Hall–Kier alpha value is -2.05. The molecule has 2 amide bonds. The Bertz CT molecular complexity index is 584. The van der Waals surface area contributed by atoms with Crippen LogP contribution in [0.2, 0.25) is 0 Å². The van der Waals surface area contributed by atoms with Gasteiger partial charge in [0, 0.05) is 18.2 Å². The lowest BCUT2D eigenvalue weighted by Gasteiger charge is -2.37. The van der Waals surface area contributed by atoms with Crippen molar-refractivity contribution < 1.29 is 18.8 Å². The lowest BCUT2D eigenvalue weighted by atomic mass is 10.0. The number of carbonyl (C=O) groups excluding carboxylic acids is 2. The van der Waals surface area contributed by atoms with Crippen LogP contribution in [0.3, 0.4) is 0 Å². The minimum atomic E-state index is -0.594. The van der Waals surface area contributed by atoms with Crippen molar-refractivity contribution >= 4 is 17.8 Å². The molecule has 0 spiro atoms. The molecule has 0 saturated carbocycles. The summed E-state index contributed by atoms with van der Waals surface area (Å²) in [5, 5.41) is 3.90. The number of nitrogens with zero attached hydrogens (tertiary/aromatic N) is 3. The zero-order chi connectivity index (χ0) is 18.1. The van der Waals surface area contributed by atoms with E-state index in [4.69, 9.17) is 9.26 Å². The van der Waals surface area contributed by atoms with Crippen LogP contribution in [-0.2, 0) is 9.53 Å². The third-order valence-electron chi connectivity index (χ3n) is 3.71. The summed E-state index contributed by atoms with van der Waals surface area (Å²) in [7, 11) is 0. The van der Waals surface area contributed by atoms with Gasteiger partial charge in [0.2, 0.25) is 0 Å². The Balaban J connectivity index is 2.24. The number of anilines is 1. The normalized spacial score (nSPS) is 18.6. The molecular weight excluding hydrogens is 310 g/mol. The Morgan fingerprint density at radius 1 is 1.29 bits per heavy atom. The molecule has 0 bridgehead atoms. The van der Waals surface area contributed by atoms with Crippen LogP contribution in [0.1, 0.15) is 54.4 Å². The molecule has 0 aliphatic carbocycles. The van der Waals surface area contributed by atoms with Gasteiger partial charge in [-0.1, -0.05) is 5.16 Å². The predicted octanol–water partition coefficient (Wildman–Crippen LogP) is 3.21. The lowest BCUT2D eigenvalue weighted by molar-refractivity contribution is -0.124. The number of amides is 2. The number of ether oxygens (including phenoxy) is 1. The molecule has 1 aliphatic rings. The van der Waals surface area contributed by atoms with Crippen molar-refractivity contribution in [2.75, 3.05) is 11.4 Å². The van der Waals surface area contributed by atoms with E-state index in [0.717, 1.165) is 6.42 Å². The van der Waals surface area contributed by atoms with E-state index < -0.39 is 23.3 Å². The smallest absolute Gasteiger partial charge is 0.410 e. The highest BCUT2D eigenvalue weighted by molar-refractivity contribution is 5.99. The number of hydrogen-bond donors (Lipinski definition) is 0. The average Bonchev–Trinajstić information content (AvgIpc) is 3.05. The number of carbonyl (C=O) groups is 2. The molecule has 1 saturated heterocycles. The van der Waals surface area contributed by atoms with Gasteiger partial charge < -0.3 is 9.26 Å². The van der Waals surface area contributed by atoms with Crippen LogP contribution in [-0.4, -0.2) is 45.8 Å². The van der Waals surface area contributed by atoms with Crippen LogP contribution in [0.5, 0.6) is 0 Å². The van der Waals surface area contributed by atoms with Crippen LogP contribution < -0.4 is 4.90 Å². The topological polar surface area (TPSA) is 75.9 Å². The van der Waals surface area contributed by atoms with Gasteiger partial charge >= 0.3 is 6.09 Å². The van der Waals surface area contributed by atoms with E-state index >= 15 is 0 Å². The summed E-state index contributed by atoms with van der Waals surface area (Å²) in [5.41, 5.74) is -1.08. The summed E-state index contributed by atoms with van der Waals surface area (Å²) in [6.07, 6.45) is 2.36. The zero-order valence-electron chi connectivity index (χ0n) is 15.3. The zero-order valence-corrected chi connectivity index (χ0v) is 15.3. The first-order chi connectivity index (χ1) is 11.0. The minimum absolute atomic E-state index is 0.167. The first-order valence-corrected chi connectivity index (χ1v) is 8.25. The molecule has 1 aromatic heterocycles. The van der Waals surface area contributed by atoms with Gasteiger partial charge in [0.05, 0.1) is 0 Å². The Morgan fingerprint density at radius 2 is 1.96 bits per heavy atom. The Kier molecular flexibility index (Phi) is 4.92. The molecule has 0 radical (unpaired) electrons. The fourth-order valence-corrected chi connectivity index (χ4v) is 2.82. The molecule has 7 nitrogen and oxygen atoms in total. The van der Waals surface area contributed by atoms with E-state index in [9.17, 15) is 9.59 Å². The molecule has 134 valence electrons. The Morgan fingerprint density at radius 3 is 2.46 bits per heavy atom. The standard InChI is InChI=1S/C17H27N3O4/c1-16(2,3)20(13-9-11-23-18-13)14(21)12-8-7-10-19(12)15(22)24-17(4,5)6/h9,11-12H,7-8,10H2,1-6H3. The molecule has 1 aromatic rings. The van der Waals surface area contributed by atoms with Crippen LogP contribution in [0.15, 0.2) is 16.9 Å². The maximum absolute atomic E-state index is 13.2. The second kappa shape index (κ2) is 6.45. The first-order valence-electron chi connectivity index (χ1n) is 8.25. The molecule has 2 heterocycles. The second-order valence-corrected chi connectivity index (χ2v) is 8.03. The van der Waals surface area contributed by atoms with Crippen molar-refractivity contribution in [3.63, 3.8) is 0 Å². The van der Waals surface area contributed by atoms with Crippen molar-refractivity contribution in [3.8, 4) is 0 Å². The van der Waals surface area contributed by atoms with Gasteiger partial charge in [0.1, 0.15) is 17.9 Å². The number of rotatable bonds is 2. The molecule has 0 aromatic carbocycles. The third kappa shape index (κ3) is 4.07. The maximum Gasteiger partial charge on any atom is 0.410 e. The van der Waals surface area contributed by atoms with E-state index in [1.54, 1.807) is 11.0 Å². The van der Waals surface area contributed by atoms with Crippen molar-refractivity contribution in [1.82, 2.24) is 10.1 Å². The van der Waals surface area contributed by atoms with Crippen molar-refractivity contribution in [2.24, 2.45) is 0 Å². The summed E-state index contributed by atoms with van der Waals surface area (Å²) >= 11 is 0. The highest BCUT2D eigenvalue weighted by atomic mass is 16.6. The fourth-order valence-electron chi connectivity index (χ4n) is 2.82. The van der Waals surface area contributed by atoms with Crippen molar-refractivity contribution in [2.45, 2.75) is 71.6 Å². The highest BCUT2D eigenvalue weighted by Crippen LogP contribution is 2.28. The molecular formula is C17H27N3O4. The molecule has 1 unspecified atom stereocenters. The predicted molar refractivity (Wildman–Crippen MR) is 89.7 cm³/mol. The number of hydrogen-bond acceptors (Lipinski definition) is 5. The summed E-state index contributed by atoms with van der Waals surface area (Å²) in [6, 6.07) is 1.10. The minimum Gasteiger partial charge on any atom is -0.444 e. The van der Waals surface area contributed by atoms with Gasteiger partial charge in [-0.3, -0.25) is 14.6 Å². The maximum atomic E-state index is 13.2. The molecule has 2 rings (SSSR count). The highest BCUT2D eigenvalue weighted by Gasteiger charge is 2.42. The van der Waals surface area contributed by atoms with Crippen molar-refractivity contribution in [1.29, 1.82) is 0 Å². The van der Waals surface area contributed by atoms with Crippen LogP contribution in [0, 0.1) is 0 Å². The Labute approximate surface area is 142 Å². The van der Waals surface area contributed by atoms with E-state index in [-0.39, 0.29) is 5.91 Å². The van der Waals surface area contributed by atoms with Gasteiger partial charge in [-0.05, 0) is 54.4 Å². The van der Waals surface area contributed by atoms with E-state index in [0.29, 0.717) is 18.8 Å². The molecule has 0 N–H and O–H groups in total. The van der Waals surface area contributed by atoms with Gasteiger partial charge in [-0.25, -0.2) is 4.79 Å². The molecule has 1 fully saturated rings. The summed E-state index contributed by atoms with van der Waals surface area (Å²) < 4.78 is 10.3. The summed E-state index contributed by atoms with van der Waals surface area (Å²) in [4.78, 5) is 28.7. The first kappa shape index (κ1) is 18.3. The van der Waals surface area contributed by atoms with Gasteiger partial charge in [-0.2, -0.15) is 0 Å². The van der Waals surface area contributed by atoms with E-state index in [2.05, 4.69) is 5.16 Å². The number of aromatic nitrogens is 1. The molecule has 1 aliphatic heterocycles. The lowest BCUT2D eigenvalue weighted by Crippen LogP contribution is -2.55.